The molecular formula is C29H24N4O2S. The summed E-state index contributed by atoms with van der Waals surface area (Å²) >= 11 is 5.43. The van der Waals surface area contributed by atoms with Crippen LogP contribution in [0.4, 0.5) is 5.69 Å². The minimum Gasteiger partial charge on any atom is -0.489 e. The lowest BCUT2D eigenvalue weighted by Crippen LogP contribution is -2.34. The highest BCUT2D eigenvalue weighted by Gasteiger charge is 2.12. The Morgan fingerprint density at radius 1 is 0.944 bits per heavy atom. The van der Waals surface area contributed by atoms with Gasteiger partial charge in [-0.15, -0.1) is 0 Å². The Balaban J connectivity index is 1.25. The summed E-state index contributed by atoms with van der Waals surface area (Å²) in [5.74, 6) is 1.06. The summed E-state index contributed by atoms with van der Waals surface area (Å²) in [4.78, 5) is 20.8. The number of fused-ring (bicyclic) bond motifs is 1. The van der Waals surface area contributed by atoms with Crippen molar-refractivity contribution in [2.45, 2.75) is 13.5 Å². The lowest BCUT2D eigenvalue weighted by Gasteiger charge is -2.13. The van der Waals surface area contributed by atoms with E-state index in [1.165, 1.54) is 0 Å². The summed E-state index contributed by atoms with van der Waals surface area (Å²) in [6.45, 7) is 2.40. The van der Waals surface area contributed by atoms with Crippen molar-refractivity contribution in [3.63, 3.8) is 0 Å². The Morgan fingerprint density at radius 2 is 1.75 bits per heavy atom. The van der Waals surface area contributed by atoms with Crippen molar-refractivity contribution in [1.29, 1.82) is 0 Å². The van der Waals surface area contributed by atoms with E-state index in [1.54, 1.807) is 18.2 Å². The molecule has 0 saturated carbocycles. The number of para-hydroxylation sites is 2. The number of rotatable bonds is 6. The molecule has 1 aromatic heterocycles. The molecule has 5 aromatic rings. The summed E-state index contributed by atoms with van der Waals surface area (Å²) in [5.41, 5.74) is 6.08. The van der Waals surface area contributed by atoms with Gasteiger partial charge in [-0.1, -0.05) is 60.7 Å². The molecule has 0 aliphatic carbocycles. The van der Waals surface area contributed by atoms with Crippen LogP contribution < -0.4 is 15.4 Å². The number of nitrogens with zero attached hydrogens (tertiary/aromatic N) is 1. The molecule has 0 aliphatic heterocycles. The second kappa shape index (κ2) is 10.4. The van der Waals surface area contributed by atoms with Crippen LogP contribution in [-0.2, 0) is 6.61 Å². The minimum absolute atomic E-state index is 0.209. The van der Waals surface area contributed by atoms with Gasteiger partial charge in [0.05, 0.1) is 11.0 Å². The van der Waals surface area contributed by atoms with Crippen LogP contribution in [-0.4, -0.2) is 21.0 Å². The van der Waals surface area contributed by atoms with E-state index in [0.717, 1.165) is 39.2 Å². The Morgan fingerprint density at radius 3 is 2.58 bits per heavy atom. The third-order valence-electron chi connectivity index (χ3n) is 5.72. The lowest BCUT2D eigenvalue weighted by molar-refractivity contribution is 0.0977. The maximum absolute atomic E-state index is 12.8. The topological polar surface area (TPSA) is 79.0 Å². The van der Waals surface area contributed by atoms with Crippen molar-refractivity contribution in [3.05, 3.63) is 114 Å². The maximum Gasteiger partial charge on any atom is 0.257 e. The summed E-state index contributed by atoms with van der Waals surface area (Å²) in [6, 6.07) is 30.7. The largest absolute Gasteiger partial charge is 0.489 e. The van der Waals surface area contributed by atoms with Crippen LogP contribution in [0.5, 0.6) is 5.75 Å². The van der Waals surface area contributed by atoms with Crippen LogP contribution in [0.2, 0.25) is 0 Å². The zero-order valence-corrected chi connectivity index (χ0v) is 20.4. The molecule has 0 saturated heterocycles. The molecule has 1 amide bonds. The molecule has 4 aromatic carbocycles. The number of thiocarbonyl (C=S) groups is 1. The van der Waals surface area contributed by atoms with Crippen molar-refractivity contribution < 1.29 is 9.53 Å². The highest BCUT2D eigenvalue weighted by molar-refractivity contribution is 7.80. The standard InChI is InChI=1S/C29H24N4O2S/c1-19-14-15-21(27-30-24-12-5-6-13-25(24)31-27)17-26(19)32-29(36)33-28(34)22-10-7-11-23(16-22)35-18-20-8-3-2-4-9-20/h2-17H,18H2,1H3,(H,30,31)(H2,32,33,34,36). The Hall–Kier alpha value is -4.49. The highest BCUT2D eigenvalue weighted by atomic mass is 32.1. The van der Waals surface area contributed by atoms with Crippen LogP contribution in [0.15, 0.2) is 97.1 Å². The van der Waals surface area contributed by atoms with Gasteiger partial charge in [0.2, 0.25) is 0 Å². The summed E-state index contributed by atoms with van der Waals surface area (Å²) in [6.07, 6.45) is 0. The van der Waals surface area contributed by atoms with Crippen molar-refractivity contribution in [3.8, 4) is 17.1 Å². The second-order valence-corrected chi connectivity index (χ2v) is 8.75. The molecule has 36 heavy (non-hydrogen) atoms. The molecule has 0 fully saturated rings. The molecule has 5 rings (SSSR count). The third kappa shape index (κ3) is 5.42. The Bertz CT molecular complexity index is 1510. The first-order valence-corrected chi connectivity index (χ1v) is 11.9. The van der Waals surface area contributed by atoms with Gasteiger partial charge >= 0.3 is 0 Å². The monoisotopic (exact) mass is 492 g/mol. The molecular weight excluding hydrogens is 468 g/mol. The van der Waals surface area contributed by atoms with E-state index in [2.05, 4.69) is 20.6 Å². The minimum atomic E-state index is -0.316. The SMILES string of the molecule is Cc1ccc(-c2nc3ccccc3[nH]2)cc1NC(=S)NC(=O)c1cccc(OCc2ccccc2)c1. The number of aromatic nitrogens is 2. The molecule has 0 radical (unpaired) electrons. The van der Waals surface area contributed by atoms with Gasteiger partial charge in [0.1, 0.15) is 18.2 Å². The first-order chi connectivity index (χ1) is 17.5. The maximum atomic E-state index is 12.8. The van der Waals surface area contributed by atoms with E-state index in [1.807, 2.05) is 85.8 Å². The first kappa shape index (κ1) is 23.3. The number of nitrogens with one attached hydrogen (secondary N) is 3. The molecule has 1 heterocycles. The van der Waals surface area contributed by atoms with Gasteiger partial charge < -0.3 is 15.0 Å². The normalized spacial score (nSPS) is 10.7. The van der Waals surface area contributed by atoms with Crippen LogP contribution in [0, 0.1) is 6.92 Å². The van der Waals surface area contributed by atoms with E-state index in [0.29, 0.717) is 17.9 Å². The van der Waals surface area contributed by atoms with Gasteiger partial charge in [0, 0.05) is 16.8 Å². The molecule has 0 unspecified atom stereocenters. The molecule has 3 N–H and O–H groups in total. The number of amides is 1. The van der Waals surface area contributed by atoms with Gasteiger partial charge in [-0.25, -0.2) is 4.98 Å². The number of anilines is 1. The second-order valence-electron chi connectivity index (χ2n) is 8.34. The molecule has 0 spiro atoms. The average molecular weight is 493 g/mol. The number of benzene rings is 4. The van der Waals surface area contributed by atoms with Crippen LogP contribution in [0.25, 0.3) is 22.4 Å². The smallest absolute Gasteiger partial charge is 0.257 e. The lowest BCUT2D eigenvalue weighted by atomic mass is 10.1. The summed E-state index contributed by atoms with van der Waals surface area (Å²) in [7, 11) is 0. The fourth-order valence-corrected chi connectivity index (χ4v) is 3.99. The van der Waals surface area contributed by atoms with Crippen molar-refractivity contribution in [2.75, 3.05) is 5.32 Å². The van der Waals surface area contributed by atoms with Crippen molar-refractivity contribution >= 4 is 40.0 Å². The van der Waals surface area contributed by atoms with Gasteiger partial charge in [-0.05, 0) is 66.7 Å². The summed E-state index contributed by atoms with van der Waals surface area (Å²) < 4.78 is 5.84. The molecule has 0 bridgehead atoms. The zero-order chi connectivity index (χ0) is 24.9. The number of imidazole rings is 1. The molecule has 178 valence electrons. The van der Waals surface area contributed by atoms with Crippen molar-refractivity contribution in [1.82, 2.24) is 15.3 Å². The van der Waals surface area contributed by atoms with Crippen molar-refractivity contribution in [2.24, 2.45) is 0 Å². The van der Waals surface area contributed by atoms with Crippen LogP contribution in [0.1, 0.15) is 21.5 Å². The van der Waals surface area contributed by atoms with E-state index in [9.17, 15) is 4.79 Å². The Labute approximate surface area is 214 Å². The van der Waals surface area contributed by atoms with E-state index >= 15 is 0 Å². The predicted molar refractivity (Wildman–Crippen MR) is 147 cm³/mol. The van der Waals surface area contributed by atoms with Gasteiger partial charge in [-0.3, -0.25) is 10.1 Å². The number of carbonyl (C=O) groups excluding carboxylic acids is 1. The molecule has 7 heteroatoms. The average Bonchev–Trinajstić information content (AvgIpc) is 3.34. The summed E-state index contributed by atoms with van der Waals surface area (Å²) in [5, 5.41) is 6.11. The van der Waals surface area contributed by atoms with E-state index in [-0.39, 0.29) is 11.0 Å². The number of hydrogen-bond acceptors (Lipinski definition) is 4. The van der Waals surface area contributed by atoms with Gasteiger partial charge in [0.25, 0.3) is 5.91 Å². The quantitative estimate of drug-likeness (QED) is 0.244. The van der Waals surface area contributed by atoms with Gasteiger partial charge in [-0.2, -0.15) is 0 Å². The number of carbonyl (C=O) groups is 1. The van der Waals surface area contributed by atoms with E-state index < -0.39 is 0 Å². The molecule has 0 atom stereocenters. The number of H-pyrrole nitrogens is 1. The highest BCUT2D eigenvalue weighted by Crippen LogP contribution is 2.25. The van der Waals surface area contributed by atoms with E-state index in [4.69, 9.17) is 17.0 Å². The van der Waals surface area contributed by atoms with Crippen LogP contribution in [0.3, 0.4) is 0 Å². The number of ether oxygens (including phenoxy) is 1. The third-order valence-corrected chi connectivity index (χ3v) is 5.92. The first-order valence-electron chi connectivity index (χ1n) is 11.5. The number of hydrogen-bond donors (Lipinski definition) is 3. The number of aromatic amines is 1. The zero-order valence-electron chi connectivity index (χ0n) is 19.6. The molecule has 0 aliphatic rings. The Kier molecular flexibility index (Phi) is 6.73. The fraction of sp³-hybridized carbons (Fsp3) is 0.0690. The molecule has 6 nitrogen and oxygen atoms in total. The fourth-order valence-electron chi connectivity index (χ4n) is 3.79. The predicted octanol–water partition coefficient (Wildman–Crippen LogP) is 6.24. The van der Waals surface area contributed by atoms with Gasteiger partial charge in [0.15, 0.2) is 5.11 Å². The number of aryl methyl sites for hydroxylation is 1. The van der Waals surface area contributed by atoms with Crippen LogP contribution >= 0.6 is 12.2 Å².